The maximum absolute atomic E-state index is 12.0. The number of halogens is 3. The number of hydrogen-bond donors (Lipinski definition) is 1. The third-order valence-corrected chi connectivity index (χ3v) is 5.73. The number of benzene rings is 1. The molecule has 4 rings (SSSR count). The summed E-state index contributed by atoms with van der Waals surface area (Å²) in [6.45, 7) is 2.23. The molecular formula is C21H17Cl3N4O2. The average molecular weight is 464 g/mol. The second-order valence-electron chi connectivity index (χ2n) is 6.68. The van der Waals surface area contributed by atoms with Crippen molar-refractivity contribution in [1.29, 1.82) is 0 Å². The average Bonchev–Trinajstić information content (AvgIpc) is 3.17. The van der Waals surface area contributed by atoms with Crippen molar-refractivity contribution in [3.05, 3.63) is 81.2 Å². The van der Waals surface area contributed by atoms with Crippen molar-refractivity contribution in [2.45, 2.75) is 12.5 Å². The summed E-state index contributed by atoms with van der Waals surface area (Å²) in [5, 5.41) is 13.4. The lowest BCUT2D eigenvalue weighted by atomic mass is 9.84. The quantitative estimate of drug-likeness (QED) is 0.421. The fraction of sp³-hybridized carbons (Fsp3) is 0.190. The van der Waals surface area contributed by atoms with Crippen LogP contribution in [-0.4, -0.2) is 31.2 Å². The number of ether oxygens (including phenoxy) is 1. The summed E-state index contributed by atoms with van der Waals surface area (Å²) < 4.78 is 7.30. The Kier molecular flexibility index (Phi) is 5.59. The Hall–Kier alpha value is -2.38. The van der Waals surface area contributed by atoms with Crippen LogP contribution in [0.3, 0.4) is 0 Å². The molecule has 0 aliphatic carbocycles. The number of pyridine rings is 2. The Balaban J connectivity index is 1.99. The normalized spacial score (nSPS) is 13.4. The Morgan fingerprint density at radius 1 is 1.10 bits per heavy atom. The first-order valence-corrected chi connectivity index (χ1v) is 10.2. The number of aromatic nitrogens is 4. The van der Waals surface area contributed by atoms with Gasteiger partial charge in [-0.3, -0.25) is 0 Å². The molecule has 0 aliphatic rings. The summed E-state index contributed by atoms with van der Waals surface area (Å²) >= 11 is 18.8. The van der Waals surface area contributed by atoms with Gasteiger partial charge in [-0.05, 0) is 30.7 Å². The van der Waals surface area contributed by atoms with Gasteiger partial charge >= 0.3 is 0 Å². The fourth-order valence-corrected chi connectivity index (χ4v) is 4.12. The van der Waals surface area contributed by atoms with Crippen molar-refractivity contribution < 1.29 is 9.84 Å². The van der Waals surface area contributed by atoms with Crippen LogP contribution >= 0.6 is 34.8 Å². The molecule has 1 aromatic carbocycles. The summed E-state index contributed by atoms with van der Waals surface area (Å²) in [5.74, 6) is 0.308. The molecule has 3 aromatic heterocycles. The van der Waals surface area contributed by atoms with Crippen LogP contribution < -0.4 is 4.74 Å². The van der Waals surface area contributed by atoms with Crippen LogP contribution in [0.4, 0.5) is 0 Å². The van der Waals surface area contributed by atoms with Gasteiger partial charge in [-0.1, -0.05) is 46.9 Å². The minimum atomic E-state index is -1.56. The highest BCUT2D eigenvalue weighted by atomic mass is 35.5. The zero-order chi connectivity index (χ0) is 21.5. The van der Waals surface area contributed by atoms with E-state index >= 15 is 0 Å². The third kappa shape index (κ3) is 3.40. The van der Waals surface area contributed by atoms with E-state index in [-0.39, 0.29) is 5.15 Å². The molecule has 9 heteroatoms. The number of aryl methyl sites for hydroxylation is 1. The second kappa shape index (κ2) is 8.04. The van der Waals surface area contributed by atoms with Gasteiger partial charge in [0.25, 0.3) is 0 Å². The number of hydrogen-bond acceptors (Lipinski definition) is 5. The molecule has 0 aliphatic heterocycles. The van der Waals surface area contributed by atoms with E-state index < -0.39 is 5.60 Å². The minimum Gasteiger partial charge on any atom is -0.489 e. The smallest absolute Gasteiger partial charge is 0.175 e. The summed E-state index contributed by atoms with van der Waals surface area (Å²) in [7, 11) is 1.80. The van der Waals surface area contributed by atoms with E-state index in [9.17, 15) is 5.11 Å². The van der Waals surface area contributed by atoms with Gasteiger partial charge in [0.05, 0.1) is 35.4 Å². The van der Waals surface area contributed by atoms with Gasteiger partial charge in [-0.15, -0.1) is 0 Å². The fourth-order valence-electron chi connectivity index (χ4n) is 3.43. The molecule has 1 atom stereocenters. The standard InChI is InChI=1S/C21H17Cl3N4O2/c1-3-30-19-18(23)14-8-12(4-6-15(14)27-20(19)24)21(29,16-10-25-11-28(16)2)13-5-7-17(22)26-9-13/h4-11,29H,3H2,1-2H3. The maximum atomic E-state index is 12.0. The highest BCUT2D eigenvalue weighted by Gasteiger charge is 2.37. The molecule has 0 saturated heterocycles. The van der Waals surface area contributed by atoms with Crippen LogP contribution in [0.5, 0.6) is 5.75 Å². The molecular weight excluding hydrogens is 447 g/mol. The van der Waals surface area contributed by atoms with Crippen molar-refractivity contribution in [3.63, 3.8) is 0 Å². The van der Waals surface area contributed by atoms with Gasteiger partial charge in [0.15, 0.2) is 16.5 Å². The van der Waals surface area contributed by atoms with Crippen LogP contribution in [0.15, 0.2) is 49.1 Å². The lowest BCUT2D eigenvalue weighted by Crippen LogP contribution is -2.31. The van der Waals surface area contributed by atoms with E-state index in [2.05, 4.69) is 15.0 Å². The Morgan fingerprint density at radius 3 is 2.50 bits per heavy atom. The number of fused-ring (bicyclic) bond motifs is 1. The molecule has 6 nitrogen and oxygen atoms in total. The first-order valence-electron chi connectivity index (χ1n) is 9.09. The molecule has 154 valence electrons. The molecule has 0 amide bonds. The molecule has 1 unspecified atom stereocenters. The molecule has 1 N–H and O–H groups in total. The molecule has 0 spiro atoms. The van der Waals surface area contributed by atoms with E-state index in [4.69, 9.17) is 39.5 Å². The van der Waals surface area contributed by atoms with E-state index in [0.717, 1.165) is 0 Å². The van der Waals surface area contributed by atoms with Crippen LogP contribution in [0, 0.1) is 0 Å². The number of rotatable bonds is 5. The number of aliphatic hydroxyl groups is 1. The molecule has 0 fully saturated rings. The van der Waals surface area contributed by atoms with Crippen molar-refractivity contribution in [1.82, 2.24) is 19.5 Å². The van der Waals surface area contributed by atoms with Crippen LogP contribution in [0.1, 0.15) is 23.7 Å². The van der Waals surface area contributed by atoms with Crippen molar-refractivity contribution in [3.8, 4) is 5.75 Å². The summed E-state index contributed by atoms with van der Waals surface area (Å²) in [4.78, 5) is 12.7. The summed E-state index contributed by atoms with van der Waals surface area (Å²) in [5.41, 5.74) is 0.646. The van der Waals surface area contributed by atoms with Gasteiger partial charge in [0, 0.05) is 24.2 Å². The Morgan fingerprint density at radius 2 is 1.87 bits per heavy atom. The van der Waals surface area contributed by atoms with Gasteiger partial charge in [-0.2, -0.15) is 0 Å². The Bertz CT molecular complexity index is 1230. The highest BCUT2D eigenvalue weighted by Crippen LogP contribution is 2.41. The number of imidazole rings is 1. The molecule has 0 radical (unpaired) electrons. The molecule has 30 heavy (non-hydrogen) atoms. The van der Waals surface area contributed by atoms with E-state index in [1.165, 1.54) is 6.20 Å². The first-order chi connectivity index (χ1) is 14.4. The van der Waals surface area contributed by atoms with Crippen LogP contribution in [-0.2, 0) is 12.6 Å². The van der Waals surface area contributed by atoms with E-state index in [1.807, 2.05) is 6.92 Å². The topological polar surface area (TPSA) is 73.1 Å². The predicted molar refractivity (Wildman–Crippen MR) is 117 cm³/mol. The lowest BCUT2D eigenvalue weighted by molar-refractivity contribution is 0.117. The lowest BCUT2D eigenvalue weighted by Gasteiger charge is -2.29. The minimum absolute atomic E-state index is 0.186. The zero-order valence-electron chi connectivity index (χ0n) is 16.1. The van der Waals surface area contributed by atoms with Crippen LogP contribution in [0.25, 0.3) is 10.9 Å². The van der Waals surface area contributed by atoms with Gasteiger partial charge < -0.3 is 14.4 Å². The molecule has 4 aromatic rings. The number of nitrogens with zero attached hydrogens (tertiary/aromatic N) is 4. The first kappa shape index (κ1) is 20.9. The summed E-state index contributed by atoms with van der Waals surface area (Å²) in [6.07, 6.45) is 4.76. The SMILES string of the molecule is CCOc1c(Cl)nc2ccc(C(O)(c3ccc(Cl)nc3)c3cncn3C)cc2c1Cl. The van der Waals surface area contributed by atoms with E-state index in [1.54, 1.807) is 54.5 Å². The monoisotopic (exact) mass is 462 g/mol. The summed E-state index contributed by atoms with van der Waals surface area (Å²) in [6, 6.07) is 8.64. The van der Waals surface area contributed by atoms with Crippen molar-refractivity contribution in [2.24, 2.45) is 7.05 Å². The van der Waals surface area contributed by atoms with Gasteiger partial charge in [0.1, 0.15) is 5.15 Å². The maximum Gasteiger partial charge on any atom is 0.175 e. The zero-order valence-corrected chi connectivity index (χ0v) is 18.4. The van der Waals surface area contributed by atoms with Crippen LogP contribution in [0.2, 0.25) is 15.3 Å². The second-order valence-corrected chi connectivity index (χ2v) is 7.80. The third-order valence-electron chi connectivity index (χ3n) is 4.88. The van der Waals surface area contributed by atoms with Crippen molar-refractivity contribution in [2.75, 3.05) is 6.61 Å². The molecule has 0 bridgehead atoms. The molecule has 3 heterocycles. The highest BCUT2D eigenvalue weighted by molar-refractivity contribution is 6.40. The largest absolute Gasteiger partial charge is 0.489 e. The van der Waals surface area contributed by atoms with E-state index in [0.29, 0.717) is 50.3 Å². The van der Waals surface area contributed by atoms with Gasteiger partial charge in [0.2, 0.25) is 0 Å². The van der Waals surface area contributed by atoms with Gasteiger partial charge in [-0.25, -0.2) is 15.0 Å². The predicted octanol–water partition coefficient (Wildman–Crippen LogP) is 5.01. The molecule has 0 saturated carbocycles. The Labute approximate surface area is 188 Å². The van der Waals surface area contributed by atoms with Crippen molar-refractivity contribution >= 4 is 45.7 Å².